The minimum atomic E-state index is -0.510. The number of furan rings is 1. The minimum Gasteiger partial charge on any atom is -0.454 e. The van der Waals surface area contributed by atoms with Gasteiger partial charge in [0.15, 0.2) is 0 Å². The van der Waals surface area contributed by atoms with Gasteiger partial charge in [0.05, 0.1) is 5.54 Å². The maximum absolute atomic E-state index is 11.7. The van der Waals surface area contributed by atoms with Crippen molar-refractivity contribution in [1.82, 2.24) is 0 Å². The molecule has 4 heteroatoms. The first-order valence-electron chi connectivity index (χ1n) is 5.43. The fourth-order valence-corrected chi connectivity index (χ4v) is 1.42. The van der Waals surface area contributed by atoms with E-state index >= 15 is 0 Å². The van der Waals surface area contributed by atoms with Crippen LogP contribution in [0.5, 0.6) is 0 Å². The molecule has 2 rings (SSSR count). The smallest absolute Gasteiger partial charge is 0.374 e. The molecule has 0 radical (unpaired) electrons. The summed E-state index contributed by atoms with van der Waals surface area (Å²) in [6, 6.07) is 3.38. The highest BCUT2D eigenvalue weighted by atomic mass is 16.6. The molecule has 1 aromatic rings. The molecule has 1 fully saturated rings. The minimum absolute atomic E-state index is 0.224. The predicted molar refractivity (Wildman–Crippen MR) is 59.0 cm³/mol. The first-order valence-corrected chi connectivity index (χ1v) is 5.43. The zero-order valence-electron chi connectivity index (χ0n) is 9.87. The van der Waals surface area contributed by atoms with Gasteiger partial charge in [-0.2, -0.15) is 0 Å². The summed E-state index contributed by atoms with van der Waals surface area (Å²) in [6.45, 7) is 5.46. The lowest BCUT2D eigenvalue weighted by molar-refractivity contribution is 0.00337. The van der Waals surface area contributed by atoms with E-state index in [9.17, 15) is 4.79 Å². The summed E-state index contributed by atoms with van der Waals surface area (Å²) < 4.78 is 10.6. The molecule has 1 heterocycles. The SMILES string of the molecule is CC(C)(C)OC(=O)c1ccc(C2(N)CC2)o1. The van der Waals surface area contributed by atoms with Gasteiger partial charge < -0.3 is 14.9 Å². The van der Waals surface area contributed by atoms with E-state index in [1.165, 1.54) is 0 Å². The average molecular weight is 223 g/mol. The quantitative estimate of drug-likeness (QED) is 0.780. The van der Waals surface area contributed by atoms with Crippen LogP contribution in [0, 0.1) is 0 Å². The van der Waals surface area contributed by atoms with Crippen LogP contribution in [-0.2, 0) is 10.3 Å². The van der Waals surface area contributed by atoms with Crippen molar-refractivity contribution in [3.05, 3.63) is 23.7 Å². The van der Waals surface area contributed by atoms with Gasteiger partial charge in [-0.1, -0.05) is 0 Å². The van der Waals surface area contributed by atoms with Crippen LogP contribution in [0.4, 0.5) is 0 Å². The molecule has 0 saturated heterocycles. The fourth-order valence-electron chi connectivity index (χ4n) is 1.42. The molecule has 0 bridgehead atoms. The van der Waals surface area contributed by atoms with Gasteiger partial charge >= 0.3 is 5.97 Å². The van der Waals surface area contributed by atoms with Crippen LogP contribution in [0.2, 0.25) is 0 Å². The maximum atomic E-state index is 11.7. The lowest BCUT2D eigenvalue weighted by atomic mass is 10.2. The first-order chi connectivity index (χ1) is 7.30. The lowest BCUT2D eigenvalue weighted by Crippen LogP contribution is -2.23. The van der Waals surface area contributed by atoms with Crippen molar-refractivity contribution in [1.29, 1.82) is 0 Å². The number of carbonyl (C=O) groups excluding carboxylic acids is 1. The van der Waals surface area contributed by atoms with Crippen LogP contribution in [0.15, 0.2) is 16.5 Å². The molecule has 0 aliphatic heterocycles. The molecule has 0 aromatic carbocycles. The van der Waals surface area contributed by atoms with Gasteiger partial charge in [0, 0.05) is 0 Å². The third kappa shape index (κ3) is 2.27. The largest absolute Gasteiger partial charge is 0.454 e. The third-order valence-electron chi connectivity index (χ3n) is 2.49. The van der Waals surface area contributed by atoms with Gasteiger partial charge in [-0.3, -0.25) is 0 Å². The third-order valence-corrected chi connectivity index (χ3v) is 2.49. The van der Waals surface area contributed by atoms with E-state index in [1.807, 2.05) is 20.8 Å². The molecule has 1 saturated carbocycles. The number of carbonyl (C=O) groups is 1. The summed E-state index contributed by atoms with van der Waals surface area (Å²) >= 11 is 0. The highest BCUT2D eigenvalue weighted by Gasteiger charge is 2.43. The summed E-state index contributed by atoms with van der Waals surface area (Å²) in [5.41, 5.74) is 5.11. The Balaban J connectivity index is 2.10. The van der Waals surface area contributed by atoms with Crippen molar-refractivity contribution >= 4 is 5.97 Å². The van der Waals surface area contributed by atoms with Gasteiger partial charge in [-0.25, -0.2) is 4.79 Å². The average Bonchev–Trinajstić information content (AvgIpc) is 2.71. The Morgan fingerprint density at radius 3 is 2.56 bits per heavy atom. The Morgan fingerprint density at radius 2 is 2.06 bits per heavy atom. The van der Waals surface area contributed by atoms with Crippen LogP contribution in [0.1, 0.15) is 49.9 Å². The molecule has 4 nitrogen and oxygen atoms in total. The van der Waals surface area contributed by atoms with Gasteiger partial charge in [-0.15, -0.1) is 0 Å². The molecule has 16 heavy (non-hydrogen) atoms. The zero-order chi connectivity index (χ0) is 12.0. The summed E-state index contributed by atoms with van der Waals surface area (Å²) in [4.78, 5) is 11.7. The van der Waals surface area contributed by atoms with E-state index in [0.717, 1.165) is 12.8 Å². The number of hydrogen-bond acceptors (Lipinski definition) is 4. The molecule has 1 aliphatic rings. The number of hydrogen-bond donors (Lipinski definition) is 1. The van der Waals surface area contributed by atoms with Crippen LogP contribution in [0.25, 0.3) is 0 Å². The molecule has 0 atom stereocenters. The molecule has 1 aromatic heterocycles. The monoisotopic (exact) mass is 223 g/mol. The van der Waals surface area contributed by atoms with Crippen LogP contribution >= 0.6 is 0 Å². The van der Waals surface area contributed by atoms with Crippen LogP contribution in [0.3, 0.4) is 0 Å². The Kier molecular flexibility index (Phi) is 2.35. The Morgan fingerprint density at radius 1 is 1.44 bits per heavy atom. The zero-order valence-corrected chi connectivity index (χ0v) is 9.87. The molecule has 0 unspecified atom stereocenters. The second-order valence-corrected chi connectivity index (χ2v) is 5.32. The first kappa shape index (κ1) is 11.2. The second kappa shape index (κ2) is 3.35. The normalized spacial score (nSPS) is 18.2. The number of rotatable bonds is 2. The molecular weight excluding hydrogens is 206 g/mol. The molecule has 2 N–H and O–H groups in total. The van der Waals surface area contributed by atoms with Crippen LogP contribution < -0.4 is 5.73 Å². The molecule has 88 valence electrons. The molecule has 1 aliphatic carbocycles. The maximum Gasteiger partial charge on any atom is 0.374 e. The van der Waals surface area contributed by atoms with E-state index in [-0.39, 0.29) is 11.3 Å². The summed E-state index contributed by atoms with van der Waals surface area (Å²) in [6.07, 6.45) is 1.82. The lowest BCUT2D eigenvalue weighted by Gasteiger charge is -2.18. The van der Waals surface area contributed by atoms with E-state index in [0.29, 0.717) is 5.76 Å². The Labute approximate surface area is 94.8 Å². The van der Waals surface area contributed by atoms with Crippen LogP contribution in [-0.4, -0.2) is 11.6 Å². The molecule has 0 amide bonds. The van der Waals surface area contributed by atoms with Gasteiger partial charge in [-0.05, 0) is 45.7 Å². The van der Waals surface area contributed by atoms with Crippen molar-refractivity contribution in [3.8, 4) is 0 Å². The Bertz CT molecular complexity index is 410. The van der Waals surface area contributed by atoms with Crippen molar-refractivity contribution in [2.75, 3.05) is 0 Å². The predicted octanol–water partition coefficient (Wildman–Crippen LogP) is 2.18. The second-order valence-electron chi connectivity index (χ2n) is 5.32. The summed E-state index contributed by atoms with van der Waals surface area (Å²) in [5.74, 6) is 0.456. The van der Waals surface area contributed by atoms with Gasteiger partial charge in [0.2, 0.25) is 5.76 Å². The van der Waals surface area contributed by atoms with E-state index in [1.54, 1.807) is 12.1 Å². The number of ether oxygens (including phenoxy) is 1. The summed E-state index contributed by atoms with van der Waals surface area (Å²) in [5, 5.41) is 0. The number of nitrogens with two attached hydrogens (primary N) is 1. The number of esters is 1. The topological polar surface area (TPSA) is 65.5 Å². The molecular formula is C12H17NO3. The van der Waals surface area contributed by atoms with Gasteiger partial charge in [0.1, 0.15) is 11.4 Å². The Hall–Kier alpha value is -1.29. The standard InChI is InChI=1S/C12H17NO3/c1-11(2,3)16-10(14)8-4-5-9(15-8)12(13)6-7-12/h4-5H,6-7,13H2,1-3H3. The van der Waals surface area contributed by atoms with Crippen molar-refractivity contribution in [2.45, 2.75) is 44.8 Å². The fraction of sp³-hybridized carbons (Fsp3) is 0.583. The van der Waals surface area contributed by atoms with Crippen molar-refractivity contribution < 1.29 is 13.9 Å². The highest BCUT2D eigenvalue weighted by molar-refractivity contribution is 5.86. The van der Waals surface area contributed by atoms with E-state index in [4.69, 9.17) is 14.9 Å². The van der Waals surface area contributed by atoms with Crippen molar-refractivity contribution in [2.24, 2.45) is 5.73 Å². The van der Waals surface area contributed by atoms with E-state index < -0.39 is 11.6 Å². The van der Waals surface area contributed by atoms with Gasteiger partial charge in [0.25, 0.3) is 0 Å². The molecule has 0 spiro atoms. The van der Waals surface area contributed by atoms with Crippen molar-refractivity contribution in [3.63, 3.8) is 0 Å². The van der Waals surface area contributed by atoms with E-state index in [2.05, 4.69) is 0 Å². The highest BCUT2D eigenvalue weighted by Crippen LogP contribution is 2.43. The summed E-state index contributed by atoms with van der Waals surface area (Å²) in [7, 11) is 0.